The second-order valence-corrected chi connectivity index (χ2v) is 6.47. The molecule has 1 atom stereocenters. The van der Waals surface area contributed by atoms with Crippen molar-refractivity contribution in [2.45, 2.75) is 38.1 Å². The quantitative estimate of drug-likeness (QED) is 0.783. The summed E-state index contributed by atoms with van der Waals surface area (Å²) in [6.45, 7) is 3.43. The third-order valence-electron chi connectivity index (χ3n) is 4.85. The fourth-order valence-electron chi connectivity index (χ4n) is 3.58. The van der Waals surface area contributed by atoms with Crippen molar-refractivity contribution >= 4 is 11.7 Å². The Hall–Kier alpha value is -1.75. The van der Waals surface area contributed by atoms with Gasteiger partial charge in [-0.1, -0.05) is 0 Å². The zero-order valence-corrected chi connectivity index (χ0v) is 13.3. The fraction of sp³-hybridized carbons (Fsp3) is 0.556. The molecule has 0 spiro atoms. The molecule has 1 aromatic carbocycles. The van der Waals surface area contributed by atoms with E-state index in [1.807, 2.05) is 4.90 Å². The van der Waals surface area contributed by atoms with E-state index in [9.17, 15) is 14.0 Å². The van der Waals surface area contributed by atoms with Crippen molar-refractivity contribution in [2.24, 2.45) is 0 Å². The summed E-state index contributed by atoms with van der Waals surface area (Å²) in [5.41, 5.74) is 0.565. The van der Waals surface area contributed by atoms with Gasteiger partial charge in [0.15, 0.2) is 5.78 Å². The lowest BCUT2D eigenvalue weighted by Gasteiger charge is -2.37. The monoisotopic (exact) mass is 318 g/mol. The molecule has 1 aromatic rings. The molecule has 2 heterocycles. The van der Waals surface area contributed by atoms with E-state index in [1.54, 1.807) is 12.1 Å². The zero-order valence-electron chi connectivity index (χ0n) is 13.3. The number of benzene rings is 1. The number of Topliss-reactive ketones (excluding diaryl/α,β-unsaturated/α-hetero) is 1. The first-order valence-corrected chi connectivity index (χ1v) is 8.44. The molecule has 0 aliphatic carbocycles. The number of rotatable bonds is 5. The molecule has 0 radical (unpaired) electrons. The fourth-order valence-corrected chi connectivity index (χ4v) is 3.58. The smallest absolute Gasteiger partial charge is 0.222 e. The lowest BCUT2D eigenvalue weighted by molar-refractivity contribution is -0.130. The number of carbonyl (C=O) groups is 2. The Morgan fingerprint density at radius 3 is 2.65 bits per heavy atom. The van der Waals surface area contributed by atoms with Gasteiger partial charge in [-0.05, 0) is 50.1 Å². The SMILES string of the molecule is O=C(CCN1CCC[C@@H](N2CCCC2=O)C1)c1ccc(F)cc1. The van der Waals surface area contributed by atoms with Gasteiger partial charge >= 0.3 is 0 Å². The number of halogens is 1. The number of amides is 1. The predicted octanol–water partition coefficient (Wildman–Crippen LogP) is 2.49. The summed E-state index contributed by atoms with van der Waals surface area (Å²) in [5.74, 6) is -0.000636. The van der Waals surface area contributed by atoms with Crippen LogP contribution in [0, 0.1) is 5.82 Å². The Labute approximate surface area is 136 Å². The Morgan fingerprint density at radius 1 is 1.17 bits per heavy atom. The topological polar surface area (TPSA) is 40.6 Å². The largest absolute Gasteiger partial charge is 0.338 e. The summed E-state index contributed by atoms with van der Waals surface area (Å²) in [6, 6.07) is 6.03. The number of ketones is 1. The minimum absolute atomic E-state index is 0.0457. The maximum Gasteiger partial charge on any atom is 0.222 e. The highest BCUT2D eigenvalue weighted by Crippen LogP contribution is 2.21. The van der Waals surface area contributed by atoms with Gasteiger partial charge < -0.3 is 9.80 Å². The number of hydrogen-bond donors (Lipinski definition) is 0. The second-order valence-electron chi connectivity index (χ2n) is 6.47. The van der Waals surface area contributed by atoms with Crippen molar-refractivity contribution in [1.82, 2.24) is 9.80 Å². The van der Waals surface area contributed by atoms with E-state index < -0.39 is 0 Å². The van der Waals surface area contributed by atoms with Crippen LogP contribution in [0.1, 0.15) is 42.5 Å². The van der Waals surface area contributed by atoms with Crippen LogP contribution in [-0.4, -0.2) is 53.7 Å². The first kappa shape index (κ1) is 16.1. The third-order valence-corrected chi connectivity index (χ3v) is 4.85. The molecule has 0 saturated carbocycles. The number of hydrogen-bond acceptors (Lipinski definition) is 3. The van der Waals surface area contributed by atoms with E-state index in [1.165, 1.54) is 12.1 Å². The van der Waals surface area contributed by atoms with Crippen molar-refractivity contribution in [3.05, 3.63) is 35.6 Å². The van der Waals surface area contributed by atoms with E-state index in [0.717, 1.165) is 38.9 Å². The van der Waals surface area contributed by atoms with Crippen LogP contribution >= 0.6 is 0 Å². The standard InChI is InChI=1S/C18H23FN2O2/c19-15-7-5-14(6-8-15)17(22)9-12-20-10-1-3-16(13-20)21-11-2-4-18(21)23/h5-8,16H,1-4,9-13H2/t16-/m1/s1. The van der Waals surface area contributed by atoms with Crippen molar-refractivity contribution in [3.63, 3.8) is 0 Å². The molecule has 0 bridgehead atoms. The van der Waals surface area contributed by atoms with Crippen LogP contribution in [0.15, 0.2) is 24.3 Å². The summed E-state index contributed by atoms with van der Waals surface area (Å²) in [5, 5.41) is 0. The van der Waals surface area contributed by atoms with Gasteiger partial charge in [-0.25, -0.2) is 4.39 Å². The van der Waals surface area contributed by atoms with Crippen LogP contribution in [0.25, 0.3) is 0 Å². The first-order valence-electron chi connectivity index (χ1n) is 8.44. The molecule has 23 heavy (non-hydrogen) atoms. The molecule has 2 fully saturated rings. The molecule has 4 nitrogen and oxygen atoms in total. The van der Waals surface area contributed by atoms with Gasteiger partial charge in [-0.15, -0.1) is 0 Å². The highest BCUT2D eigenvalue weighted by molar-refractivity contribution is 5.96. The van der Waals surface area contributed by atoms with Crippen LogP contribution in [0.2, 0.25) is 0 Å². The average Bonchev–Trinajstić information content (AvgIpc) is 3.00. The molecular weight excluding hydrogens is 295 g/mol. The lowest BCUT2D eigenvalue weighted by Crippen LogP contribution is -2.48. The highest BCUT2D eigenvalue weighted by atomic mass is 19.1. The van der Waals surface area contributed by atoms with Crippen molar-refractivity contribution in [1.29, 1.82) is 0 Å². The summed E-state index contributed by atoms with van der Waals surface area (Å²) in [4.78, 5) is 28.4. The van der Waals surface area contributed by atoms with Crippen molar-refractivity contribution in [3.8, 4) is 0 Å². The molecule has 0 aromatic heterocycles. The predicted molar refractivity (Wildman–Crippen MR) is 85.8 cm³/mol. The van der Waals surface area contributed by atoms with Crippen molar-refractivity contribution < 1.29 is 14.0 Å². The number of piperidine rings is 1. The summed E-state index contributed by atoms with van der Waals surface area (Å²) in [6.07, 6.45) is 4.22. The first-order chi connectivity index (χ1) is 11.1. The molecule has 2 aliphatic heterocycles. The zero-order chi connectivity index (χ0) is 16.2. The van der Waals surface area contributed by atoms with Crippen molar-refractivity contribution in [2.75, 3.05) is 26.2 Å². The van der Waals surface area contributed by atoms with Gasteiger partial charge in [0, 0.05) is 44.1 Å². The van der Waals surface area contributed by atoms with Gasteiger partial charge in [-0.2, -0.15) is 0 Å². The lowest BCUT2D eigenvalue weighted by atomic mass is 10.0. The molecular formula is C18H23FN2O2. The van der Waals surface area contributed by atoms with Gasteiger partial charge in [0.05, 0.1) is 0 Å². The van der Waals surface area contributed by atoms with E-state index >= 15 is 0 Å². The van der Waals surface area contributed by atoms with E-state index in [2.05, 4.69) is 4.90 Å². The maximum atomic E-state index is 12.9. The Kier molecular flexibility index (Phi) is 5.06. The molecule has 0 N–H and O–H groups in total. The third kappa shape index (κ3) is 3.96. The Morgan fingerprint density at radius 2 is 1.96 bits per heavy atom. The van der Waals surface area contributed by atoms with Crippen LogP contribution < -0.4 is 0 Å². The molecule has 5 heteroatoms. The van der Waals surface area contributed by atoms with Gasteiger partial charge in [0.25, 0.3) is 0 Å². The highest BCUT2D eigenvalue weighted by Gasteiger charge is 2.31. The number of nitrogens with zero attached hydrogens (tertiary/aromatic N) is 2. The van der Waals surface area contributed by atoms with Crippen LogP contribution in [0.5, 0.6) is 0 Å². The van der Waals surface area contributed by atoms with Crippen LogP contribution in [-0.2, 0) is 4.79 Å². The summed E-state index contributed by atoms with van der Waals surface area (Å²) < 4.78 is 12.9. The van der Waals surface area contributed by atoms with E-state index in [0.29, 0.717) is 31.0 Å². The number of likely N-dealkylation sites (tertiary alicyclic amines) is 2. The van der Waals surface area contributed by atoms with Crippen LogP contribution in [0.4, 0.5) is 4.39 Å². The van der Waals surface area contributed by atoms with Gasteiger partial charge in [-0.3, -0.25) is 9.59 Å². The molecule has 2 aliphatic rings. The van der Waals surface area contributed by atoms with E-state index in [-0.39, 0.29) is 17.5 Å². The minimum atomic E-state index is -0.323. The average molecular weight is 318 g/mol. The normalized spacial score (nSPS) is 22.6. The summed E-state index contributed by atoms with van der Waals surface area (Å²) in [7, 11) is 0. The molecule has 1 amide bonds. The minimum Gasteiger partial charge on any atom is -0.338 e. The van der Waals surface area contributed by atoms with Gasteiger partial charge in [0.2, 0.25) is 5.91 Å². The molecule has 2 saturated heterocycles. The van der Waals surface area contributed by atoms with Crippen LogP contribution in [0.3, 0.4) is 0 Å². The second kappa shape index (κ2) is 7.21. The molecule has 3 rings (SSSR count). The Balaban J connectivity index is 1.50. The maximum absolute atomic E-state index is 12.9. The number of carbonyl (C=O) groups excluding carboxylic acids is 2. The Bertz CT molecular complexity index is 573. The summed E-state index contributed by atoms with van der Waals surface area (Å²) >= 11 is 0. The molecule has 0 unspecified atom stereocenters. The van der Waals surface area contributed by atoms with Gasteiger partial charge in [0.1, 0.15) is 5.82 Å². The molecule has 124 valence electrons. The van der Waals surface area contributed by atoms with E-state index in [4.69, 9.17) is 0 Å².